The van der Waals surface area contributed by atoms with Crippen molar-refractivity contribution < 1.29 is 9.84 Å². The number of aliphatic hydroxyl groups is 1. The van der Waals surface area contributed by atoms with Crippen molar-refractivity contribution in [2.45, 2.75) is 31.5 Å². The predicted octanol–water partition coefficient (Wildman–Crippen LogP) is 1.76. The minimum Gasteiger partial charge on any atom is -0.392 e. The molecule has 0 amide bonds. The van der Waals surface area contributed by atoms with Gasteiger partial charge in [0.2, 0.25) is 0 Å². The number of hydrogen-bond donors (Lipinski definition) is 1. The van der Waals surface area contributed by atoms with Gasteiger partial charge in [-0.3, -0.25) is 4.90 Å². The first-order valence-corrected chi connectivity index (χ1v) is 6.93. The molecule has 98 valence electrons. The van der Waals surface area contributed by atoms with Crippen LogP contribution in [0.15, 0.2) is 24.3 Å². The predicted molar refractivity (Wildman–Crippen MR) is 70.5 cm³/mol. The van der Waals surface area contributed by atoms with Crippen molar-refractivity contribution in [1.29, 1.82) is 0 Å². The summed E-state index contributed by atoms with van der Waals surface area (Å²) in [4.78, 5) is 2.33. The highest BCUT2D eigenvalue weighted by Crippen LogP contribution is 2.28. The number of aliphatic hydroxyl groups excluding tert-OH is 1. The van der Waals surface area contributed by atoms with Gasteiger partial charge in [-0.05, 0) is 36.9 Å². The summed E-state index contributed by atoms with van der Waals surface area (Å²) >= 11 is 0. The Hall–Kier alpha value is -0.900. The van der Waals surface area contributed by atoms with E-state index < -0.39 is 0 Å². The second kappa shape index (κ2) is 5.39. The standard InChI is InChI=1S/C15H21NO2/c17-13-5-3-8-16(10-13)11-15-14-6-2-1-4-12(14)7-9-18-15/h1-2,4,6,13,15,17H,3,5,7-11H2. The second-order valence-electron chi connectivity index (χ2n) is 5.36. The molecule has 0 radical (unpaired) electrons. The van der Waals surface area contributed by atoms with Crippen molar-refractivity contribution in [3.05, 3.63) is 35.4 Å². The molecule has 0 saturated carbocycles. The molecule has 0 aromatic heterocycles. The topological polar surface area (TPSA) is 32.7 Å². The Kier molecular flexibility index (Phi) is 3.64. The summed E-state index contributed by atoms with van der Waals surface area (Å²) in [5.74, 6) is 0. The van der Waals surface area contributed by atoms with E-state index in [0.717, 1.165) is 45.5 Å². The Morgan fingerprint density at radius 2 is 2.22 bits per heavy atom. The smallest absolute Gasteiger partial charge is 0.0954 e. The summed E-state index contributed by atoms with van der Waals surface area (Å²) in [5, 5.41) is 9.72. The quantitative estimate of drug-likeness (QED) is 0.864. The fourth-order valence-corrected chi connectivity index (χ4v) is 3.06. The Balaban J connectivity index is 1.70. The molecule has 1 aromatic carbocycles. The maximum Gasteiger partial charge on any atom is 0.0954 e. The van der Waals surface area contributed by atoms with Gasteiger partial charge in [0.05, 0.1) is 18.8 Å². The summed E-state index contributed by atoms with van der Waals surface area (Å²) in [6.07, 6.45) is 3.08. The lowest BCUT2D eigenvalue weighted by Gasteiger charge is -2.35. The molecule has 0 bridgehead atoms. The van der Waals surface area contributed by atoms with Gasteiger partial charge in [0.15, 0.2) is 0 Å². The van der Waals surface area contributed by atoms with E-state index in [0.29, 0.717) is 0 Å². The molecule has 1 fully saturated rings. The van der Waals surface area contributed by atoms with Crippen LogP contribution in [-0.2, 0) is 11.2 Å². The molecule has 2 aliphatic rings. The van der Waals surface area contributed by atoms with E-state index in [1.165, 1.54) is 11.1 Å². The Bertz CT molecular complexity index is 407. The van der Waals surface area contributed by atoms with Crippen molar-refractivity contribution in [2.24, 2.45) is 0 Å². The monoisotopic (exact) mass is 247 g/mol. The minimum atomic E-state index is -0.155. The molecule has 3 nitrogen and oxygen atoms in total. The number of rotatable bonds is 2. The average Bonchev–Trinajstić information content (AvgIpc) is 2.39. The first-order valence-electron chi connectivity index (χ1n) is 6.93. The molecule has 0 aliphatic carbocycles. The van der Waals surface area contributed by atoms with Gasteiger partial charge in [-0.2, -0.15) is 0 Å². The van der Waals surface area contributed by atoms with Crippen LogP contribution in [0.4, 0.5) is 0 Å². The fraction of sp³-hybridized carbons (Fsp3) is 0.600. The summed E-state index contributed by atoms with van der Waals surface area (Å²) in [6.45, 7) is 3.60. The lowest BCUT2D eigenvalue weighted by Crippen LogP contribution is -2.41. The van der Waals surface area contributed by atoms with E-state index in [-0.39, 0.29) is 12.2 Å². The van der Waals surface area contributed by atoms with Crippen LogP contribution in [0.2, 0.25) is 0 Å². The van der Waals surface area contributed by atoms with Crippen LogP contribution in [0.5, 0.6) is 0 Å². The number of fused-ring (bicyclic) bond motifs is 1. The highest BCUT2D eigenvalue weighted by molar-refractivity contribution is 5.31. The lowest BCUT2D eigenvalue weighted by molar-refractivity contribution is -0.00629. The van der Waals surface area contributed by atoms with Gasteiger partial charge in [-0.1, -0.05) is 24.3 Å². The Labute approximate surface area is 108 Å². The maximum absolute atomic E-state index is 9.72. The summed E-state index contributed by atoms with van der Waals surface area (Å²) in [7, 11) is 0. The summed E-state index contributed by atoms with van der Waals surface area (Å²) < 4.78 is 5.92. The number of benzene rings is 1. The van der Waals surface area contributed by atoms with Gasteiger partial charge in [-0.25, -0.2) is 0 Å². The zero-order valence-electron chi connectivity index (χ0n) is 10.7. The highest BCUT2D eigenvalue weighted by atomic mass is 16.5. The van der Waals surface area contributed by atoms with Crippen molar-refractivity contribution >= 4 is 0 Å². The molecular formula is C15H21NO2. The Morgan fingerprint density at radius 1 is 1.33 bits per heavy atom. The number of nitrogens with zero attached hydrogens (tertiary/aromatic N) is 1. The lowest BCUT2D eigenvalue weighted by atomic mass is 9.96. The van der Waals surface area contributed by atoms with Crippen molar-refractivity contribution in [1.82, 2.24) is 4.90 Å². The van der Waals surface area contributed by atoms with E-state index >= 15 is 0 Å². The van der Waals surface area contributed by atoms with Crippen LogP contribution >= 0.6 is 0 Å². The number of piperidine rings is 1. The molecule has 1 aromatic rings. The van der Waals surface area contributed by atoms with Crippen molar-refractivity contribution in [2.75, 3.05) is 26.2 Å². The van der Waals surface area contributed by atoms with Crippen LogP contribution < -0.4 is 0 Å². The molecule has 3 heteroatoms. The van der Waals surface area contributed by atoms with Gasteiger partial charge in [0, 0.05) is 13.1 Å². The first-order chi connectivity index (χ1) is 8.83. The van der Waals surface area contributed by atoms with E-state index in [1.807, 2.05) is 0 Å². The van der Waals surface area contributed by atoms with Gasteiger partial charge in [0.1, 0.15) is 0 Å². The van der Waals surface area contributed by atoms with Crippen LogP contribution in [0.3, 0.4) is 0 Å². The molecule has 2 unspecified atom stereocenters. The Morgan fingerprint density at radius 3 is 3.11 bits per heavy atom. The molecule has 2 aliphatic heterocycles. The zero-order chi connectivity index (χ0) is 12.4. The number of hydrogen-bond acceptors (Lipinski definition) is 3. The maximum atomic E-state index is 9.72. The third-order valence-corrected chi connectivity index (χ3v) is 4.00. The largest absolute Gasteiger partial charge is 0.392 e. The fourth-order valence-electron chi connectivity index (χ4n) is 3.06. The van der Waals surface area contributed by atoms with Crippen LogP contribution in [-0.4, -0.2) is 42.4 Å². The van der Waals surface area contributed by atoms with Crippen molar-refractivity contribution in [3.8, 4) is 0 Å². The summed E-state index contributed by atoms with van der Waals surface area (Å²) in [6, 6.07) is 8.58. The van der Waals surface area contributed by atoms with E-state index in [1.54, 1.807) is 0 Å². The number of β-amino-alcohol motifs (C(OH)–C–C–N with tert-alkyl or cyclic N) is 1. The normalized spacial score (nSPS) is 28.9. The molecule has 3 rings (SSSR count). The molecule has 18 heavy (non-hydrogen) atoms. The van der Waals surface area contributed by atoms with E-state index in [4.69, 9.17) is 4.74 Å². The number of ether oxygens (including phenoxy) is 1. The summed E-state index contributed by atoms with van der Waals surface area (Å²) in [5.41, 5.74) is 2.76. The first kappa shape index (κ1) is 12.2. The van der Waals surface area contributed by atoms with E-state index in [9.17, 15) is 5.11 Å². The highest BCUT2D eigenvalue weighted by Gasteiger charge is 2.25. The number of likely N-dealkylation sites (tertiary alicyclic amines) is 1. The second-order valence-corrected chi connectivity index (χ2v) is 5.36. The molecule has 2 heterocycles. The van der Waals surface area contributed by atoms with E-state index in [2.05, 4.69) is 29.2 Å². The van der Waals surface area contributed by atoms with Gasteiger partial charge in [-0.15, -0.1) is 0 Å². The zero-order valence-corrected chi connectivity index (χ0v) is 10.7. The minimum absolute atomic E-state index is 0.155. The van der Waals surface area contributed by atoms with Gasteiger partial charge < -0.3 is 9.84 Å². The average molecular weight is 247 g/mol. The SMILES string of the molecule is OC1CCCN(CC2OCCc3ccccc32)C1. The van der Waals surface area contributed by atoms with Crippen LogP contribution in [0.25, 0.3) is 0 Å². The molecule has 2 atom stereocenters. The van der Waals surface area contributed by atoms with Crippen LogP contribution in [0, 0.1) is 0 Å². The third-order valence-electron chi connectivity index (χ3n) is 4.00. The van der Waals surface area contributed by atoms with Gasteiger partial charge >= 0.3 is 0 Å². The molecule has 1 N–H and O–H groups in total. The third kappa shape index (κ3) is 2.58. The molecule has 1 saturated heterocycles. The van der Waals surface area contributed by atoms with Crippen LogP contribution in [0.1, 0.15) is 30.1 Å². The molecular weight excluding hydrogens is 226 g/mol. The molecule has 0 spiro atoms. The van der Waals surface area contributed by atoms with Crippen molar-refractivity contribution in [3.63, 3.8) is 0 Å². The van der Waals surface area contributed by atoms with Gasteiger partial charge in [0.25, 0.3) is 0 Å².